The first-order chi connectivity index (χ1) is 9.24. The molecule has 0 spiro atoms. The zero-order chi connectivity index (χ0) is 13.7. The predicted octanol–water partition coefficient (Wildman–Crippen LogP) is 3.30. The van der Waals surface area contributed by atoms with Crippen molar-refractivity contribution in [2.45, 2.75) is 38.8 Å². The van der Waals surface area contributed by atoms with Gasteiger partial charge in [-0.25, -0.2) is 0 Å². The van der Waals surface area contributed by atoms with Gasteiger partial charge in [-0.05, 0) is 42.7 Å². The number of benzene rings is 1. The van der Waals surface area contributed by atoms with Crippen molar-refractivity contribution in [3.05, 3.63) is 29.3 Å². The van der Waals surface area contributed by atoms with E-state index in [0.717, 1.165) is 6.54 Å². The van der Waals surface area contributed by atoms with Crippen molar-refractivity contribution >= 4 is 17.4 Å². The van der Waals surface area contributed by atoms with Crippen molar-refractivity contribution in [2.75, 3.05) is 30.5 Å². The molecular formula is C16H26N2S. The molecule has 19 heavy (non-hydrogen) atoms. The van der Waals surface area contributed by atoms with Gasteiger partial charge in [0.25, 0.3) is 0 Å². The second-order valence-electron chi connectivity index (χ2n) is 5.43. The van der Waals surface area contributed by atoms with E-state index >= 15 is 0 Å². The van der Waals surface area contributed by atoms with Crippen LogP contribution in [0.3, 0.4) is 0 Å². The third-order valence-corrected chi connectivity index (χ3v) is 4.69. The van der Waals surface area contributed by atoms with Gasteiger partial charge in [-0.3, -0.25) is 0 Å². The average Bonchev–Trinajstić information content (AvgIpc) is 2.43. The summed E-state index contributed by atoms with van der Waals surface area (Å²) in [5.41, 5.74) is 4.37. The van der Waals surface area contributed by atoms with Gasteiger partial charge in [-0.1, -0.05) is 19.1 Å². The molecule has 1 aliphatic rings. The average molecular weight is 278 g/mol. The Kier molecular flexibility index (Phi) is 5.59. The van der Waals surface area contributed by atoms with Crippen molar-refractivity contribution in [2.24, 2.45) is 0 Å². The molecule has 0 radical (unpaired) electrons. The van der Waals surface area contributed by atoms with Crippen LogP contribution in [0.25, 0.3) is 0 Å². The van der Waals surface area contributed by atoms with Gasteiger partial charge in [-0.15, -0.1) is 0 Å². The normalized spacial score (nSPS) is 16.3. The topological polar surface area (TPSA) is 15.3 Å². The molecule has 0 aromatic heterocycles. The van der Waals surface area contributed by atoms with Crippen LogP contribution in [0.4, 0.5) is 5.69 Å². The van der Waals surface area contributed by atoms with Gasteiger partial charge in [0.1, 0.15) is 0 Å². The number of rotatable bonds is 6. The molecule has 2 rings (SSSR count). The Morgan fingerprint density at radius 2 is 2.26 bits per heavy atom. The molecule has 1 unspecified atom stereocenters. The van der Waals surface area contributed by atoms with E-state index in [1.165, 1.54) is 48.4 Å². The van der Waals surface area contributed by atoms with Gasteiger partial charge in [0, 0.05) is 37.6 Å². The summed E-state index contributed by atoms with van der Waals surface area (Å²) in [5.74, 6) is 1.20. The molecular weight excluding hydrogens is 252 g/mol. The molecule has 1 heterocycles. The van der Waals surface area contributed by atoms with Gasteiger partial charge < -0.3 is 10.2 Å². The van der Waals surface area contributed by atoms with Crippen LogP contribution < -0.4 is 10.2 Å². The maximum Gasteiger partial charge on any atom is 0.0396 e. The molecule has 2 nitrogen and oxygen atoms in total. The van der Waals surface area contributed by atoms with Gasteiger partial charge in [0.2, 0.25) is 0 Å². The zero-order valence-electron chi connectivity index (χ0n) is 12.4. The fraction of sp³-hybridized carbons (Fsp3) is 0.625. The van der Waals surface area contributed by atoms with Crippen LogP contribution >= 0.6 is 11.8 Å². The summed E-state index contributed by atoms with van der Waals surface area (Å²) >= 11 is 1.92. The smallest absolute Gasteiger partial charge is 0.0396 e. The Labute approximate surface area is 122 Å². The van der Waals surface area contributed by atoms with Gasteiger partial charge in [0.15, 0.2) is 0 Å². The summed E-state index contributed by atoms with van der Waals surface area (Å²) < 4.78 is 0. The largest absolute Gasteiger partial charge is 0.374 e. The molecule has 106 valence electrons. The van der Waals surface area contributed by atoms with Gasteiger partial charge >= 0.3 is 0 Å². The quantitative estimate of drug-likeness (QED) is 0.859. The minimum Gasteiger partial charge on any atom is -0.374 e. The van der Waals surface area contributed by atoms with Crippen LogP contribution in [-0.4, -0.2) is 31.6 Å². The lowest BCUT2D eigenvalue weighted by molar-refractivity contribution is 0.541. The van der Waals surface area contributed by atoms with Crippen molar-refractivity contribution in [3.63, 3.8) is 0 Å². The number of hydrogen-bond acceptors (Lipinski definition) is 3. The summed E-state index contributed by atoms with van der Waals surface area (Å²) in [6.45, 7) is 4.45. The number of thioether (sulfide) groups is 1. The zero-order valence-corrected chi connectivity index (χ0v) is 13.2. The Morgan fingerprint density at radius 1 is 1.42 bits per heavy atom. The number of fused-ring (bicyclic) bond motifs is 1. The van der Waals surface area contributed by atoms with E-state index < -0.39 is 0 Å². The molecule has 0 bridgehead atoms. The molecule has 0 fully saturated rings. The second kappa shape index (κ2) is 7.20. The summed E-state index contributed by atoms with van der Waals surface area (Å²) in [4.78, 5) is 2.37. The molecule has 1 aromatic rings. The van der Waals surface area contributed by atoms with E-state index in [9.17, 15) is 0 Å². The van der Waals surface area contributed by atoms with Gasteiger partial charge in [-0.2, -0.15) is 11.8 Å². The number of aryl methyl sites for hydroxylation is 1. The Bertz CT molecular complexity index is 406. The van der Waals surface area contributed by atoms with Crippen LogP contribution in [0.2, 0.25) is 0 Å². The summed E-state index contributed by atoms with van der Waals surface area (Å²) in [5, 5.41) is 3.67. The van der Waals surface area contributed by atoms with Crippen LogP contribution in [0, 0.1) is 0 Å². The SMILES string of the molecule is CCC(CSC)NCc1ccc2c(c1)CCCN2C. The fourth-order valence-electron chi connectivity index (χ4n) is 2.73. The first-order valence-corrected chi connectivity index (χ1v) is 8.69. The highest BCUT2D eigenvalue weighted by Gasteiger charge is 2.13. The van der Waals surface area contributed by atoms with Crippen LogP contribution in [0.5, 0.6) is 0 Å². The maximum atomic E-state index is 3.67. The summed E-state index contributed by atoms with van der Waals surface area (Å²) in [7, 11) is 2.20. The van der Waals surface area contributed by atoms with Crippen molar-refractivity contribution in [1.82, 2.24) is 5.32 Å². The Morgan fingerprint density at radius 3 is 3.00 bits per heavy atom. The van der Waals surface area contributed by atoms with E-state index in [2.05, 4.69) is 48.6 Å². The van der Waals surface area contributed by atoms with Gasteiger partial charge in [0.05, 0.1) is 0 Å². The van der Waals surface area contributed by atoms with E-state index in [1.54, 1.807) is 0 Å². The standard InChI is InChI=1S/C16H26N2S/c1-4-15(12-19-3)17-11-13-7-8-16-14(10-13)6-5-9-18(16)2/h7-8,10,15,17H,4-6,9,11-12H2,1-3H3. The number of hydrogen-bond donors (Lipinski definition) is 1. The molecule has 1 atom stereocenters. The molecule has 0 amide bonds. The van der Waals surface area contributed by atoms with E-state index in [-0.39, 0.29) is 0 Å². The number of nitrogens with zero attached hydrogens (tertiary/aromatic N) is 1. The van der Waals surface area contributed by atoms with Crippen LogP contribution in [0.15, 0.2) is 18.2 Å². The number of nitrogens with one attached hydrogen (secondary N) is 1. The highest BCUT2D eigenvalue weighted by atomic mass is 32.2. The molecule has 0 saturated carbocycles. The highest BCUT2D eigenvalue weighted by molar-refractivity contribution is 7.98. The lowest BCUT2D eigenvalue weighted by Gasteiger charge is -2.28. The fourth-order valence-corrected chi connectivity index (χ4v) is 3.49. The third kappa shape index (κ3) is 3.90. The molecule has 0 saturated heterocycles. The predicted molar refractivity (Wildman–Crippen MR) is 87.3 cm³/mol. The minimum atomic E-state index is 0.633. The van der Waals surface area contributed by atoms with Crippen molar-refractivity contribution in [3.8, 4) is 0 Å². The number of anilines is 1. The monoisotopic (exact) mass is 278 g/mol. The van der Waals surface area contributed by atoms with E-state index in [1.807, 2.05) is 11.8 Å². The molecule has 1 aliphatic heterocycles. The van der Waals surface area contributed by atoms with Crippen LogP contribution in [0.1, 0.15) is 30.9 Å². The van der Waals surface area contributed by atoms with Crippen molar-refractivity contribution < 1.29 is 0 Å². The Hall–Kier alpha value is -0.670. The highest BCUT2D eigenvalue weighted by Crippen LogP contribution is 2.26. The van der Waals surface area contributed by atoms with E-state index in [0.29, 0.717) is 6.04 Å². The second-order valence-corrected chi connectivity index (χ2v) is 6.34. The molecule has 0 aliphatic carbocycles. The first-order valence-electron chi connectivity index (χ1n) is 7.29. The molecule has 1 aromatic carbocycles. The van der Waals surface area contributed by atoms with Crippen molar-refractivity contribution in [1.29, 1.82) is 0 Å². The summed E-state index contributed by atoms with van der Waals surface area (Å²) in [6.07, 6.45) is 5.90. The lowest BCUT2D eigenvalue weighted by Crippen LogP contribution is -2.30. The third-order valence-electron chi connectivity index (χ3n) is 3.95. The first kappa shape index (κ1) is 14.7. The minimum absolute atomic E-state index is 0.633. The van der Waals surface area contributed by atoms with Crippen LogP contribution in [-0.2, 0) is 13.0 Å². The van der Waals surface area contributed by atoms with E-state index in [4.69, 9.17) is 0 Å². The molecule has 1 N–H and O–H groups in total. The Balaban J connectivity index is 1.98. The maximum absolute atomic E-state index is 3.67. The summed E-state index contributed by atoms with van der Waals surface area (Å²) in [6, 6.07) is 7.60. The lowest BCUT2D eigenvalue weighted by atomic mass is 9.99. The molecule has 3 heteroatoms.